The van der Waals surface area contributed by atoms with Crippen molar-refractivity contribution in [1.29, 1.82) is 0 Å². The first-order valence-electron chi connectivity index (χ1n) is 5.36. The Hall–Kier alpha value is -1.98. The Morgan fingerprint density at radius 3 is 2.72 bits per heavy atom. The normalized spacial score (nSPS) is 19.2. The van der Waals surface area contributed by atoms with E-state index < -0.39 is 23.5 Å². The van der Waals surface area contributed by atoms with Gasteiger partial charge >= 0.3 is 5.97 Å². The minimum absolute atomic E-state index is 0.0195. The smallest absolute Gasteiger partial charge is 0.311 e. The number of carbonyl (C=O) groups is 2. The van der Waals surface area contributed by atoms with Crippen LogP contribution in [-0.2, 0) is 14.3 Å². The molecule has 1 aromatic rings. The van der Waals surface area contributed by atoms with Crippen LogP contribution in [0.2, 0.25) is 0 Å². The molecular weight excluding hydrogens is 244 g/mol. The van der Waals surface area contributed by atoms with Gasteiger partial charge in [0, 0.05) is 24.7 Å². The zero-order valence-electron chi connectivity index (χ0n) is 9.65. The molecule has 0 spiro atoms. The lowest BCUT2D eigenvalue weighted by molar-refractivity contribution is -0.145. The van der Waals surface area contributed by atoms with E-state index in [2.05, 4.69) is 4.74 Å². The maximum Gasteiger partial charge on any atom is 0.311 e. The van der Waals surface area contributed by atoms with E-state index in [0.29, 0.717) is 0 Å². The summed E-state index contributed by atoms with van der Waals surface area (Å²) in [5.74, 6) is -3.35. The number of anilines is 1. The molecule has 1 heterocycles. The molecule has 18 heavy (non-hydrogen) atoms. The van der Waals surface area contributed by atoms with Crippen molar-refractivity contribution in [3.05, 3.63) is 29.8 Å². The lowest BCUT2D eigenvalue weighted by Gasteiger charge is -2.16. The third-order valence-corrected chi connectivity index (χ3v) is 2.87. The molecule has 1 aliphatic heterocycles. The van der Waals surface area contributed by atoms with E-state index in [1.165, 1.54) is 18.1 Å². The van der Waals surface area contributed by atoms with Gasteiger partial charge in [-0.15, -0.1) is 0 Å². The highest BCUT2D eigenvalue weighted by molar-refractivity contribution is 5.99. The van der Waals surface area contributed by atoms with Gasteiger partial charge < -0.3 is 9.64 Å². The lowest BCUT2D eigenvalue weighted by Crippen LogP contribution is -2.26. The number of ether oxygens (including phenoxy) is 1. The molecule has 1 saturated heterocycles. The number of hydrogen-bond acceptors (Lipinski definition) is 3. The molecule has 1 fully saturated rings. The third kappa shape index (κ3) is 2.18. The number of methoxy groups -OCH3 is 1. The minimum Gasteiger partial charge on any atom is -0.469 e. The first-order chi connectivity index (χ1) is 8.52. The fourth-order valence-electron chi connectivity index (χ4n) is 1.93. The SMILES string of the molecule is COC(=O)C1CC(=O)N(c2ccc(F)c(F)c2)C1. The zero-order chi connectivity index (χ0) is 13.3. The van der Waals surface area contributed by atoms with Crippen molar-refractivity contribution >= 4 is 17.6 Å². The largest absolute Gasteiger partial charge is 0.469 e. The molecule has 1 amide bonds. The van der Waals surface area contributed by atoms with E-state index in [-0.39, 0.29) is 24.6 Å². The molecule has 1 unspecified atom stereocenters. The number of amides is 1. The van der Waals surface area contributed by atoms with Crippen LogP contribution in [0.25, 0.3) is 0 Å². The van der Waals surface area contributed by atoms with Crippen LogP contribution in [0.1, 0.15) is 6.42 Å². The van der Waals surface area contributed by atoms with Crippen molar-refractivity contribution < 1.29 is 23.1 Å². The highest BCUT2D eigenvalue weighted by Crippen LogP contribution is 2.26. The molecule has 4 nitrogen and oxygen atoms in total. The van der Waals surface area contributed by atoms with Gasteiger partial charge in [-0.1, -0.05) is 0 Å². The van der Waals surface area contributed by atoms with Crippen LogP contribution < -0.4 is 4.90 Å². The van der Waals surface area contributed by atoms with E-state index in [0.717, 1.165) is 12.1 Å². The highest BCUT2D eigenvalue weighted by Gasteiger charge is 2.35. The summed E-state index contributed by atoms with van der Waals surface area (Å²) in [6.45, 7) is 0.122. The van der Waals surface area contributed by atoms with E-state index >= 15 is 0 Å². The second kappa shape index (κ2) is 4.72. The van der Waals surface area contributed by atoms with Crippen LogP contribution in [0.4, 0.5) is 14.5 Å². The van der Waals surface area contributed by atoms with Crippen molar-refractivity contribution in [3.8, 4) is 0 Å². The van der Waals surface area contributed by atoms with E-state index in [9.17, 15) is 18.4 Å². The predicted octanol–water partition coefficient (Wildman–Crippen LogP) is 1.49. The summed E-state index contributed by atoms with van der Waals surface area (Å²) in [4.78, 5) is 24.3. The Bertz CT molecular complexity index is 504. The molecule has 0 aromatic heterocycles. The molecule has 0 bridgehead atoms. The summed E-state index contributed by atoms with van der Waals surface area (Å²) in [6.07, 6.45) is 0.0195. The number of carbonyl (C=O) groups excluding carboxylic acids is 2. The quantitative estimate of drug-likeness (QED) is 0.752. The zero-order valence-corrected chi connectivity index (χ0v) is 9.65. The Kier molecular flexibility index (Phi) is 3.27. The first-order valence-corrected chi connectivity index (χ1v) is 5.36. The average Bonchev–Trinajstić information content (AvgIpc) is 2.74. The predicted molar refractivity (Wildman–Crippen MR) is 58.8 cm³/mol. The van der Waals surface area contributed by atoms with Crippen LogP contribution in [0, 0.1) is 17.6 Å². The van der Waals surface area contributed by atoms with Crippen LogP contribution >= 0.6 is 0 Å². The second-order valence-electron chi connectivity index (χ2n) is 4.03. The average molecular weight is 255 g/mol. The standard InChI is InChI=1S/C12H11F2NO3/c1-18-12(17)7-4-11(16)15(6-7)8-2-3-9(13)10(14)5-8/h2-3,5,7H,4,6H2,1H3. The monoisotopic (exact) mass is 255 g/mol. The molecule has 0 saturated carbocycles. The topological polar surface area (TPSA) is 46.6 Å². The van der Waals surface area contributed by atoms with Gasteiger partial charge in [-0.05, 0) is 12.1 Å². The highest BCUT2D eigenvalue weighted by atomic mass is 19.2. The van der Waals surface area contributed by atoms with Gasteiger partial charge in [-0.25, -0.2) is 8.78 Å². The molecule has 0 N–H and O–H groups in total. The van der Waals surface area contributed by atoms with Gasteiger partial charge in [0.05, 0.1) is 13.0 Å². The van der Waals surface area contributed by atoms with Crippen molar-refractivity contribution in [2.45, 2.75) is 6.42 Å². The number of halogens is 2. The van der Waals surface area contributed by atoms with E-state index in [4.69, 9.17) is 0 Å². The molecule has 96 valence electrons. The molecule has 6 heteroatoms. The fourth-order valence-corrected chi connectivity index (χ4v) is 1.93. The van der Waals surface area contributed by atoms with Gasteiger partial charge in [0.25, 0.3) is 0 Å². The number of rotatable bonds is 2. The Morgan fingerprint density at radius 2 is 2.11 bits per heavy atom. The maximum absolute atomic E-state index is 13.1. The maximum atomic E-state index is 13.1. The van der Waals surface area contributed by atoms with Gasteiger partial charge in [-0.3, -0.25) is 9.59 Å². The first kappa shape index (κ1) is 12.5. The van der Waals surface area contributed by atoms with E-state index in [1.807, 2.05) is 0 Å². The molecule has 2 rings (SSSR count). The third-order valence-electron chi connectivity index (χ3n) is 2.87. The van der Waals surface area contributed by atoms with Crippen LogP contribution in [0.5, 0.6) is 0 Å². The summed E-state index contributed by atoms with van der Waals surface area (Å²) in [5, 5.41) is 0. The van der Waals surface area contributed by atoms with Gasteiger partial charge in [-0.2, -0.15) is 0 Å². The Balaban J connectivity index is 2.21. The summed E-state index contributed by atoms with van der Waals surface area (Å²) in [6, 6.07) is 3.19. The number of esters is 1. The molecule has 1 aliphatic rings. The van der Waals surface area contributed by atoms with Crippen molar-refractivity contribution in [3.63, 3.8) is 0 Å². The van der Waals surface area contributed by atoms with Crippen LogP contribution in [0.3, 0.4) is 0 Å². The molecule has 0 aliphatic carbocycles. The Labute approximate surface area is 102 Å². The van der Waals surface area contributed by atoms with Crippen molar-refractivity contribution in [2.24, 2.45) is 5.92 Å². The molecular formula is C12H11F2NO3. The van der Waals surface area contributed by atoms with Crippen LogP contribution in [-0.4, -0.2) is 25.5 Å². The molecule has 0 radical (unpaired) electrons. The number of hydrogen-bond donors (Lipinski definition) is 0. The minimum atomic E-state index is -1.03. The second-order valence-corrected chi connectivity index (χ2v) is 4.03. The summed E-state index contributed by atoms with van der Waals surface area (Å²) >= 11 is 0. The fraction of sp³-hybridized carbons (Fsp3) is 0.333. The lowest BCUT2D eigenvalue weighted by atomic mass is 10.1. The molecule has 1 aromatic carbocycles. The van der Waals surface area contributed by atoms with Gasteiger partial charge in [0.2, 0.25) is 5.91 Å². The van der Waals surface area contributed by atoms with E-state index in [1.54, 1.807) is 0 Å². The summed E-state index contributed by atoms with van der Waals surface area (Å²) in [7, 11) is 1.24. The van der Waals surface area contributed by atoms with Crippen molar-refractivity contribution in [2.75, 3.05) is 18.6 Å². The summed E-state index contributed by atoms with van der Waals surface area (Å²) < 4.78 is 30.4. The summed E-state index contributed by atoms with van der Waals surface area (Å²) in [5.41, 5.74) is 0.241. The molecule has 1 atom stereocenters. The Morgan fingerprint density at radius 1 is 1.39 bits per heavy atom. The number of nitrogens with zero attached hydrogens (tertiary/aromatic N) is 1. The van der Waals surface area contributed by atoms with Gasteiger partial charge in [0.1, 0.15) is 0 Å². The number of benzene rings is 1. The van der Waals surface area contributed by atoms with Crippen molar-refractivity contribution in [1.82, 2.24) is 0 Å². The van der Waals surface area contributed by atoms with Gasteiger partial charge in [0.15, 0.2) is 11.6 Å². The van der Waals surface area contributed by atoms with Crippen LogP contribution in [0.15, 0.2) is 18.2 Å².